The van der Waals surface area contributed by atoms with Crippen LogP contribution in [-0.4, -0.2) is 22.6 Å². The molecule has 0 saturated carbocycles. The van der Waals surface area contributed by atoms with Gasteiger partial charge in [0.05, 0.1) is 6.42 Å². The first-order valence-electron chi connectivity index (χ1n) is 6.04. The molecule has 94 valence electrons. The predicted molar refractivity (Wildman–Crippen MR) is 70.2 cm³/mol. The van der Waals surface area contributed by atoms with E-state index in [2.05, 4.69) is 46.7 Å². The van der Waals surface area contributed by atoms with Gasteiger partial charge in [-0.15, -0.1) is 0 Å². The second-order valence-corrected chi connectivity index (χ2v) is 4.34. The van der Waals surface area contributed by atoms with Crippen LogP contribution in [0.25, 0.3) is 0 Å². The second-order valence-electron chi connectivity index (χ2n) is 4.34. The average Bonchev–Trinajstić information content (AvgIpc) is 2.84. The Hall–Kier alpha value is -2.10. The summed E-state index contributed by atoms with van der Waals surface area (Å²) in [7, 11) is 0. The number of benzene rings is 1. The van der Waals surface area contributed by atoms with Crippen molar-refractivity contribution in [3.8, 4) is 0 Å². The Bertz CT molecular complexity index is 488. The lowest BCUT2D eigenvalue weighted by Crippen LogP contribution is -2.27. The van der Waals surface area contributed by atoms with Gasteiger partial charge in [0.2, 0.25) is 5.91 Å². The monoisotopic (exact) mass is 243 g/mol. The molecule has 2 rings (SSSR count). The number of aromatic nitrogens is 2. The van der Waals surface area contributed by atoms with E-state index in [0.29, 0.717) is 13.0 Å². The van der Waals surface area contributed by atoms with Gasteiger partial charge in [-0.2, -0.15) is 5.10 Å². The first-order chi connectivity index (χ1) is 8.74. The summed E-state index contributed by atoms with van der Waals surface area (Å²) in [5.74, 6) is 0.0198. The van der Waals surface area contributed by atoms with Crippen molar-refractivity contribution in [2.24, 2.45) is 0 Å². The lowest BCUT2D eigenvalue weighted by Gasteiger charge is -2.05. The van der Waals surface area contributed by atoms with Crippen LogP contribution in [0.4, 0.5) is 0 Å². The largest absolute Gasteiger partial charge is 0.355 e. The number of H-pyrrole nitrogens is 1. The van der Waals surface area contributed by atoms with E-state index in [-0.39, 0.29) is 5.91 Å². The smallest absolute Gasteiger partial charge is 0.226 e. The minimum atomic E-state index is 0.0198. The van der Waals surface area contributed by atoms with Crippen molar-refractivity contribution in [1.29, 1.82) is 0 Å². The molecule has 18 heavy (non-hydrogen) atoms. The van der Waals surface area contributed by atoms with Gasteiger partial charge in [0.15, 0.2) is 0 Å². The van der Waals surface area contributed by atoms with Gasteiger partial charge >= 0.3 is 0 Å². The molecule has 0 atom stereocenters. The fourth-order valence-electron chi connectivity index (χ4n) is 1.72. The van der Waals surface area contributed by atoms with Crippen LogP contribution >= 0.6 is 0 Å². The van der Waals surface area contributed by atoms with E-state index < -0.39 is 0 Å². The van der Waals surface area contributed by atoms with Crippen molar-refractivity contribution in [3.63, 3.8) is 0 Å². The van der Waals surface area contributed by atoms with Crippen LogP contribution in [0.1, 0.15) is 16.8 Å². The Labute approximate surface area is 106 Å². The lowest BCUT2D eigenvalue weighted by atomic mass is 10.1. The van der Waals surface area contributed by atoms with Crippen LogP contribution in [-0.2, 0) is 17.6 Å². The summed E-state index contributed by atoms with van der Waals surface area (Å²) in [5, 5.41) is 9.48. The Kier molecular flexibility index (Phi) is 4.12. The van der Waals surface area contributed by atoms with E-state index in [1.54, 1.807) is 12.3 Å². The zero-order valence-corrected chi connectivity index (χ0v) is 10.4. The summed E-state index contributed by atoms with van der Waals surface area (Å²) < 4.78 is 0. The quantitative estimate of drug-likeness (QED) is 0.838. The molecule has 0 saturated heterocycles. The maximum Gasteiger partial charge on any atom is 0.226 e. The first-order valence-corrected chi connectivity index (χ1v) is 6.04. The van der Waals surface area contributed by atoms with Crippen molar-refractivity contribution in [2.45, 2.75) is 19.8 Å². The van der Waals surface area contributed by atoms with Crippen molar-refractivity contribution in [3.05, 3.63) is 53.3 Å². The zero-order valence-electron chi connectivity index (χ0n) is 10.4. The van der Waals surface area contributed by atoms with Crippen molar-refractivity contribution in [1.82, 2.24) is 15.5 Å². The van der Waals surface area contributed by atoms with Gasteiger partial charge in [0, 0.05) is 18.4 Å². The van der Waals surface area contributed by atoms with Gasteiger partial charge < -0.3 is 5.32 Å². The molecule has 2 aromatic rings. The number of nitrogens with zero attached hydrogens (tertiary/aromatic N) is 1. The van der Waals surface area contributed by atoms with Crippen molar-refractivity contribution < 1.29 is 4.79 Å². The number of hydrogen-bond donors (Lipinski definition) is 2. The van der Waals surface area contributed by atoms with E-state index >= 15 is 0 Å². The third kappa shape index (κ3) is 3.73. The van der Waals surface area contributed by atoms with E-state index in [1.165, 1.54) is 11.1 Å². The second kappa shape index (κ2) is 6.00. The van der Waals surface area contributed by atoms with Gasteiger partial charge in [-0.05, 0) is 25.0 Å². The summed E-state index contributed by atoms with van der Waals surface area (Å²) in [6.45, 7) is 2.73. The molecule has 0 aliphatic rings. The molecule has 0 radical (unpaired) electrons. The van der Waals surface area contributed by atoms with Gasteiger partial charge in [-0.3, -0.25) is 9.89 Å². The molecule has 0 fully saturated rings. The Morgan fingerprint density at radius 3 is 2.72 bits per heavy atom. The SMILES string of the molecule is Cc1ccc(CCNC(=O)Cc2ccn[nH]2)cc1. The van der Waals surface area contributed by atoms with E-state index in [1.807, 2.05) is 0 Å². The molecule has 1 amide bonds. The fraction of sp³-hybridized carbons (Fsp3) is 0.286. The molecular formula is C14H17N3O. The van der Waals surface area contributed by atoms with Gasteiger partial charge in [-0.1, -0.05) is 29.8 Å². The third-order valence-electron chi connectivity index (χ3n) is 2.77. The lowest BCUT2D eigenvalue weighted by molar-refractivity contribution is -0.120. The number of nitrogens with one attached hydrogen (secondary N) is 2. The highest BCUT2D eigenvalue weighted by Gasteiger charge is 2.03. The van der Waals surface area contributed by atoms with Crippen LogP contribution in [0.5, 0.6) is 0 Å². The van der Waals surface area contributed by atoms with Crippen LogP contribution in [0.2, 0.25) is 0 Å². The molecule has 0 spiro atoms. The van der Waals surface area contributed by atoms with Crippen LogP contribution in [0, 0.1) is 6.92 Å². The standard InChI is InChI=1S/C14H17N3O/c1-11-2-4-12(5-3-11)6-8-15-14(18)10-13-7-9-16-17-13/h2-5,7,9H,6,8,10H2,1H3,(H,15,18)(H,16,17). The Morgan fingerprint density at radius 2 is 2.06 bits per heavy atom. The molecule has 4 nitrogen and oxygen atoms in total. The van der Waals surface area contributed by atoms with Gasteiger partial charge in [0.25, 0.3) is 0 Å². The summed E-state index contributed by atoms with van der Waals surface area (Å²) in [5.41, 5.74) is 3.33. The number of carbonyl (C=O) groups is 1. The number of aromatic amines is 1. The molecule has 1 aromatic heterocycles. The molecule has 0 unspecified atom stereocenters. The van der Waals surface area contributed by atoms with Crippen LogP contribution in [0.15, 0.2) is 36.5 Å². The molecule has 0 aliphatic heterocycles. The number of rotatable bonds is 5. The first kappa shape index (κ1) is 12.4. The van der Waals surface area contributed by atoms with Crippen molar-refractivity contribution in [2.75, 3.05) is 6.54 Å². The van der Waals surface area contributed by atoms with Crippen molar-refractivity contribution >= 4 is 5.91 Å². The zero-order chi connectivity index (χ0) is 12.8. The summed E-state index contributed by atoms with van der Waals surface area (Å²) in [6.07, 6.45) is 2.86. The topological polar surface area (TPSA) is 57.8 Å². The highest BCUT2D eigenvalue weighted by molar-refractivity contribution is 5.78. The van der Waals surface area contributed by atoms with Gasteiger partial charge in [0.1, 0.15) is 0 Å². The Morgan fingerprint density at radius 1 is 1.28 bits per heavy atom. The molecular weight excluding hydrogens is 226 g/mol. The van der Waals surface area contributed by atoms with E-state index in [4.69, 9.17) is 0 Å². The number of hydrogen-bond acceptors (Lipinski definition) is 2. The van der Waals surface area contributed by atoms with E-state index in [9.17, 15) is 4.79 Å². The molecule has 2 N–H and O–H groups in total. The summed E-state index contributed by atoms with van der Waals surface area (Å²) in [6, 6.07) is 10.2. The normalized spacial score (nSPS) is 10.3. The molecule has 4 heteroatoms. The molecule has 1 heterocycles. The summed E-state index contributed by atoms with van der Waals surface area (Å²) >= 11 is 0. The van der Waals surface area contributed by atoms with Gasteiger partial charge in [-0.25, -0.2) is 0 Å². The number of amides is 1. The van der Waals surface area contributed by atoms with E-state index in [0.717, 1.165) is 12.1 Å². The highest BCUT2D eigenvalue weighted by atomic mass is 16.1. The minimum Gasteiger partial charge on any atom is -0.355 e. The minimum absolute atomic E-state index is 0.0198. The average molecular weight is 243 g/mol. The fourth-order valence-corrected chi connectivity index (χ4v) is 1.72. The molecule has 0 bridgehead atoms. The third-order valence-corrected chi connectivity index (χ3v) is 2.77. The highest BCUT2D eigenvalue weighted by Crippen LogP contribution is 2.03. The number of aryl methyl sites for hydroxylation is 1. The maximum absolute atomic E-state index is 11.6. The Balaban J connectivity index is 1.72. The molecule has 1 aromatic carbocycles. The predicted octanol–water partition coefficient (Wildman–Crippen LogP) is 1.62. The van der Waals surface area contributed by atoms with Crippen LogP contribution < -0.4 is 5.32 Å². The maximum atomic E-state index is 11.6. The van der Waals surface area contributed by atoms with Crippen LogP contribution in [0.3, 0.4) is 0 Å². The summed E-state index contributed by atoms with van der Waals surface area (Å²) in [4.78, 5) is 11.6. The molecule has 0 aliphatic carbocycles. The number of carbonyl (C=O) groups excluding carboxylic acids is 1.